The molecule has 0 aliphatic heterocycles. The van der Waals surface area contributed by atoms with Gasteiger partial charge in [0.05, 0.1) is 0 Å². The lowest BCUT2D eigenvalue weighted by molar-refractivity contribution is 0.432. The van der Waals surface area contributed by atoms with E-state index in [2.05, 4.69) is 0 Å². The molecule has 1 radical (unpaired) electrons. The molecule has 5 heteroatoms. The summed E-state index contributed by atoms with van der Waals surface area (Å²) in [6.07, 6.45) is 1.22. The van der Waals surface area contributed by atoms with E-state index in [9.17, 15) is 13.0 Å². The van der Waals surface area contributed by atoms with E-state index in [1.165, 1.54) is 6.26 Å². The average molecular weight is 127 g/mol. The van der Waals surface area contributed by atoms with Crippen molar-refractivity contribution in [2.75, 3.05) is 6.26 Å². The van der Waals surface area contributed by atoms with E-state index >= 15 is 0 Å². The van der Waals surface area contributed by atoms with Crippen molar-refractivity contribution in [2.24, 2.45) is 0 Å². The monoisotopic (exact) mass is 127 g/mol. The van der Waals surface area contributed by atoms with Crippen LogP contribution in [0, 0.1) is 0 Å². The fraction of sp³-hybridized carbons (Fsp3) is 1.00. The van der Waals surface area contributed by atoms with Crippen molar-refractivity contribution in [2.45, 2.75) is 0 Å². The first kappa shape index (κ1) is 6.26. The molecule has 0 amide bonds. The Morgan fingerprint density at radius 2 is 1.67 bits per heavy atom. The van der Waals surface area contributed by atoms with E-state index in [0.29, 0.717) is 10.8 Å². The van der Waals surface area contributed by atoms with Gasteiger partial charge in [0.2, 0.25) is 0 Å². The van der Waals surface area contributed by atoms with Gasteiger partial charge in [0, 0.05) is 0 Å². The predicted octanol–water partition coefficient (Wildman–Crippen LogP) is 0.0247. The molecule has 0 rings (SSSR count). The minimum Gasteiger partial charge on any atom is -0.185 e. The second-order valence-electron chi connectivity index (χ2n) is 0.575. The van der Waals surface area contributed by atoms with E-state index in [4.69, 9.17) is 0 Å². The SMILES string of the molecule is CSS([O])(=O)=O. The Morgan fingerprint density at radius 3 is 1.67 bits per heavy atom. The summed E-state index contributed by atoms with van der Waals surface area (Å²) < 4.78 is 28.2. The second kappa shape index (κ2) is 1.81. The fourth-order valence-electron chi connectivity index (χ4n) is 0. The molecule has 0 aromatic rings. The number of hydrogen-bond donors (Lipinski definition) is 0. The Labute approximate surface area is 39.9 Å². The zero-order valence-corrected chi connectivity index (χ0v) is 4.67. The van der Waals surface area contributed by atoms with Crippen LogP contribution in [0.15, 0.2) is 0 Å². The Morgan fingerprint density at radius 1 is 1.50 bits per heavy atom. The lowest BCUT2D eigenvalue weighted by atomic mass is 12.0. The molecule has 0 fully saturated rings. The molecular weight excluding hydrogens is 124 g/mol. The molecule has 0 saturated carbocycles. The number of hydrogen-bond acceptors (Lipinski definition) is 3. The van der Waals surface area contributed by atoms with Crippen LogP contribution < -0.4 is 0 Å². The lowest BCUT2D eigenvalue weighted by Gasteiger charge is -1.75. The summed E-state index contributed by atoms with van der Waals surface area (Å²) in [5.74, 6) is 0. The molecule has 37 valence electrons. The van der Waals surface area contributed by atoms with E-state index in [0.717, 1.165) is 0 Å². The maximum atomic E-state index is 9.41. The van der Waals surface area contributed by atoms with Crippen molar-refractivity contribution < 1.29 is 13.0 Å². The average Bonchev–Trinajstić information content (AvgIpc) is 1.35. The lowest BCUT2D eigenvalue weighted by Crippen LogP contribution is -1.81. The molecule has 0 aromatic carbocycles. The third-order valence-electron chi connectivity index (χ3n) is 0.204. The molecule has 0 aliphatic rings. The van der Waals surface area contributed by atoms with Crippen molar-refractivity contribution in [3.05, 3.63) is 0 Å². The van der Waals surface area contributed by atoms with Gasteiger partial charge >= 0.3 is 9.15 Å². The van der Waals surface area contributed by atoms with Crippen LogP contribution in [-0.4, -0.2) is 14.7 Å². The van der Waals surface area contributed by atoms with Crippen LogP contribution in [0.2, 0.25) is 0 Å². The van der Waals surface area contributed by atoms with Crippen molar-refractivity contribution in [3.63, 3.8) is 0 Å². The first-order chi connectivity index (χ1) is 2.56. The molecule has 0 atom stereocenters. The van der Waals surface area contributed by atoms with Gasteiger partial charge in [-0.25, -0.2) is 0 Å². The van der Waals surface area contributed by atoms with Crippen molar-refractivity contribution in [3.8, 4) is 0 Å². The fourth-order valence-corrected chi connectivity index (χ4v) is 0. The van der Waals surface area contributed by atoms with Gasteiger partial charge in [-0.2, -0.15) is 8.42 Å². The van der Waals surface area contributed by atoms with Crippen LogP contribution in [0.3, 0.4) is 0 Å². The zero-order chi connectivity index (χ0) is 5.21. The second-order valence-corrected chi connectivity index (χ2v) is 3.95. The third-order valence-corrected chi connectivity index (χ3v) is 1.84. The highest BCUT2D eigenvalue weighted by molar-refractivity contribution is 8.69. The van der Waals surface area contributed by atoms with Gasteiger partial charge in [0.25, 0.3) is 0 Å². The Kier molecular flexibility index (Phi) is 1.89. The first-order valence-electron chi connectivity index (χ1n) is 1.07. The van der Waals surface area contributed by atoms with E-state index in [-0.39, 0.29) is 0 Å². The van der Waals surface area contributed by atoms with Crippen molar-refractivity contribution >= 4 is 19.9 Å². The summed E-state index contributed by atoms with van der Waals surface area (Å²) in [7, 11) is -3.70. The molecule has 0 heterocycles. The summed E-state index contributed by atoms with van der Waals surface area (Å²) in [5.41, 5.74) is 0. The quantitative estimate of drug-likeness (QED) is 0.467. The molecule has 0 bridgehead atoms. The Hall–Kier alpha value is 0.260. The normalized spacial score (nSPS) is 11.7. The van der Waals surface area contributed by atoms with Gasteiger partial charge in [0.1, 0.15) is 0 Å². The highest BCUT2D eigenvalue weighted by Gasteiger charge is 1.98. The van der Waals surface area contributed by atoms with E-state index < -0.39 is 9.15 Å². The molecule has 0 spiro atoms. The third kappa shape index (κ3) is 4.26. The zero-order valence-electron chi connectivity index (χ0n) is 3.04. The van der Waals surface area contributed by atoms with Gasteiger partial charge in [-0.3, -0.25) is 0 Å². The highest BCUT2D eigenvalue weighted by atomic mass is 33.1. The topological polar surface area (TPSA) is 54.0 Å². The molecule has 0 N–H and O–H groups in total. The maximum absolute atomic E-state index is 9.41. The maximum Gasteiger partial charge on any atom is 0.349 e. The first-order valence-corrected chi connectivity index (χ1v) is 4.22. The number of rotatable bonds is 1. The minimum atomic E-state index is -4.00. The predicted molar refractivity (Wildman–Crippen MR) is 23.1 cm³/mol. The smallest absolute Gasteiger partial charge is 0.185 e. The van der Waals surface area contributed by atoms with Crippen LogP contribution in [0.25, 0.3) is 0 Å². The van der Waals surface area contributed by atoms with Crippen molar-refractivity contribution in [1.29, 1.82) is 0 Å². The van der Waals surface area contributed by atoms with E-state index in [1.54, 1.807) is 0 Å². The molecule has 3 nitrogen and oxygen atoms in total. The summed E-state index contributed by atoms with van der Waals surface area (Å²) in [6.45, 7) is 0. The van der Waals surface area contributed by atoms with Crippen LogP contribution in [-0.2, 0) is 13.7 Å². The van der Waals surface area contributed by atoms with Gasteiger partial charge in [-0.15, -0.1) is 0 Å². The molecule has 0 saturated heterocycles. The van der Waals surface area contributed by atoms with Gasteiger partial charge in [-0.05, 0) is 17.0 Å². The van der Waals surface area contributed by atoms with Gasteiger partial charge in [0.15, 0.2) is 0 Å². The minimum absolute atomic E-state index is 0.299. The summed E-state index contributed by atoms with van der Waals surface area (Å²) in [4.78, 5) is 0. The van der Waals surface area contributed by atoms with Crippen LogP contribution in [0.4, 0.5) is 0 Å². The van der Waals surface area contributed by atoms with Crippen molar-refractivity contribution in [1.82, 2.24) is 0 Å². The van der Waals surface area contributed by atoms with E-state index in [1.807, 2.05) is 0 Å². The van der Waals surface area contributed by atoms with Gasteiger partial charge in [-0.1, -0.05) is 4.55 Å². The largest absolute Gasteiger partial charge is 0.349 e. The molecule has 0 aliphatic carbocycles. The van der Waals surface area contributed by atoms with Crippen LogP contribution in [0.1, 0.15) is 0 Å². The van der Waals surface area contributed by atoms with Crippen LogP contribution >= 0.6 is 10.8 Å². The summed E-state index contributed by atoms with van der Waals surface area (Å²) >= 11 is 0. The molecule has 0 unspecified atom stereocenters. The standard InChI is InChI=1S/CH3O3S2/c1-5-6(2,3)4/h1H3. The summed E-state index contributed by atoms with van der Waals surface area (Å²) in [5, 5.41) is 0. The van der Waals surface area contributed by atoms with Gasteiger partial charge < -0.3 is 0 Å². The molecule has 6 heavy (non-hydrogen) atoms. The Balaban J connectivity index is 3.85. The highest BCUT2D eigenvalue weighted by Crippen LogP contribution is 2.01. The molecular formula is CH3O3S2. The Bertz CT molecular complexity index is 111. The summed E-state index contributed by atoms with van der Waals surface area (Å²) in [6, 6.07) is 0. The van der Waals surface area contributed by atoms with Crippen LogP contribution in [0.5, 0.6) is 0 Å². The molecule has 0 aromatic heterocycles.